The predicted octanol–water partition coefficient (Wildman–Crippen LogP) is 2.92. The van der Waals surface area contributed by atoms with Crippen LogP contribution >= 0.6 is 0 Å². The molecule has 0 N–H and O–H groups in total. The fourth-order valence-electron chi connectivity index (χ4n) is 2.57. The second-order valence-corrected chi connectivity index (χ2v) is 6.40. The van der Waals surface area contributed by atoms with E-state index in [1.54, 1.807) is 0 Å². The number of epoxide rings is 1. The van der Waals surface area contributed by atoms with Gasteiger partial charge in [-0.3, -0.25) is 4.79 Å². The molecule has 3 nitrogen and oxygen atoms in total. The van der Waals surface area contributed by atoms with Gasteiger partial charge in [-0.25, -0.2) is 0 Å². The lowest BCUT2D eigenvalue weighted by molar-refractivity contribution is -0.155. The van der Waals surface area contributed by atoms with Gasteiger partial charge >= 0.3 is 5.97 Å². The number of hydrogen-bond acceptors (Lipinski definition) is 3. The second-order valence-electron chi connectivity index (χ2n) is 6.40. The number of rotatable bonds is 4. The Morgan fingerprint density at radius 3 is 2.76 bits per heavy atom. The third-order valence-corrected chi connectivity index (χ3v) is 4.45. The first-order chi connectivity index (χ1) is 7.87. The average Bonchev–Trinajstić information content (AvgIpc) is 2.96. The van der Waals surface area contributed by atoms with E-state index in [-0.39, 0.29) is 17.0 Å². The van der Waals surface area contributed by atoms with E-state index in [2.05, 4.69) is 6.92 Å². The normalized spacial score (nSPS) is 36.2. The molecule has 2 rings (SSSR count). The lowest BCUT2D eigenvalue weighted by Crippen LogP contribution is -2.30. The number of fused-ring (bicyclic) bond motifs is 1. The predicted molar refractivity (Wildman–Crippen MR) is 65.7 cm³/mol. The minimum atomic E-state index is -0.350. The molecule has 1 heterocycles. The summed E-state index contributed by atoms with van der Waals surface area (Å²) in [5, 5.41) is 0. The van der Waals surface area contributed by atoms with Crippen LogP contribution in [0.1, 0.15) is 53.4 Å². The zero-order valence-electron chi connectivity index (χ0n) is 11.4. The molecular weight excluding hydrogens is 216 g/mol. The molecule has 0 spiro atoms. The van der Waals surface area contributed by atoms with E-state index in [9.17, 15) is 4.79 Å². The van der Waals surface area contributed by atoms with E-state index in [0.717, 1.165) is 25.7 Å². The Kier molecular flexibility index (Phi) is 3.23. The number of ether oxygens (including phenoxy) is 2. The molecule has 2 aliphatic rings. The average molecular weight is 240 g/mol. The first-order valence-electron chi connectivity index (χ1n) is 6.72. The molecule has 0 amide bonds. The summed E-state index contributed by atoms with van der Waals surface area (Å²) in [4.78, 5) is 11.9. The van der Waals surface area contributed by atoms with Crippen LogP contribution in [0, 0.1) is 11.3 Å². The molecule has 1 saturated heterocycles. The van der Waals surface area contributed by atoms with Crippen molar-refractivity contribution in [3.8, 4) is 0 Å². The van der Waals surface area contributed by atoms with Crippen LogP contribution in [0.2, 0.25) is 0 Å². The molecule has 0 radical (unpaired) electrons. The van der Waals surface area contributed by atoms with Crippen molar-refractivity contribution in [1.29, 1.82) is 0 Å². The van der Waals surface area contributed by atoms with E-state index in [1.807, 2.05) is 20.8 Å². The summed E-state index contributed by atoms with van der Waals surface area (Å²) >= 11 is 0. The summed E-state index contributed by atoms with van der Waals surface area (Å²) in [7, 11) is 0. The van der Waals surface area contributed by atoms with Crippen molar-refractivity contribution >= 4 is 5.97 Å². The molecule has 1 aliphatic carbocycles. The van der Waals surface area contributed by atoms with E-state index < -0.39 is 0 Å². The Bertz CT molecular complexity index is 311. The van der Waals surface area contributed by atoms with Gasteiger partial charge in [-0.2, -0.15) is 0 Å². The van der Waals surface area contributed by atoms with Crippen LogP contribution in [0.5, 0.6) is 0 Å². The van der Waals surface area contributed by atoms with Crippen LogP contribution in [0.4, 0.5) is 0 Å². The van der Waals surface area contributed by atoms with Crippen molar-refractivity contribution in [3.05, 3.63) is 0 Å². The van der Waals surface area contributed by atoms with E-state index in [4.69, 9.17) is 9.47 Å². The van der Waals surface area contributed by atoms with Gasteiger partial charge in [-0.05, 0) is 52.4 Å². The highest BCUT2D eigenvalue weighted by Gasteiger charge is 2.55. The van der Waals surface area contributed by atoms with Crippen LogP contribution in [0.25, 0.3) is 0 Å². The molecule has 1 saturated carbocycles. The van der Waals surface area contributed by atoms with Gasteiger partial charge in [0.2, 0.25) is 0 Å². The van der Waals surface area contributed by atoms with E-state index in [0.29, 0.717) is 18.6 Å². The third kappa shape index (κ3) is 2.65. The first-order valence-corrected chi connectivity index (χ1v) is 6.72. The molecule has 0 aromatic heterocycles. The van der Waals surface area contributed by atoms with E-state index >= 15 is 0 Å². The molecule has 17 heavy (non-hydrogen) atoms. The largest absolute Gasteiger partial charge is 0.465 e. The zero-order chi connectivity index (χ0) is 12.7. The highest BCUT2D eigenvalue weighted by Crippen LogP contribution is 2.49. The van der Waals surface area contributed by atoms with Crippen molar-refractivity contribution in [1.82, 2.24) is 0 Å². The Balaban J connectivity index is 1.77. The molecule has 3 unspecified atom stereocenters. The highest BCUT2D eigenvalue weighted by atomic mass is 16.6. The Morgan fingerprint density at radius 1 is 1.47 bits per heavy atom. The lowest BCUT2D eigenvalue weighted by atomic mass is 9.83. The van der Waals surface area contributed by atoms with Gasteiger partial charge in [-0.1, -0.05) is 6.92 Å². The third-order valence-electron chi connectivity index (χ3n) is 4.45. The summed E-state index contributed by atoms with van der Waals surface area (Å²) in [6.07, 6.45) is 4.58. The summed E-state index contributed by atoms with van der Waals surface area (Å²) < 4.78 is 11.1. The number of carbonyl (C=O) groups excluding carboxylic acids is 1. The van der Waals surface area contributed by atoms with Crippen LogP contribution in [0.3, 0.4) is 0 Å². The summed E-state index contributed by atoms with van der Waals surface area (Å²) in [6, 6.07) is 0. The van der Waals surface area contributed by atoms with Crippen LogP contribution in [-0.4, -0.2) is 24.3 Å². The molecule has 0 aromatic rings. The molecule has 3 heteroatoms. The topological polar surface area (TPSA) is 38.8 Å². The van der Waals surface area contributed by atoms with Crippen molar-refractivity contribution in [2.45, 2.75) is 65.1 Å². The van der Waals surface area contributed by atoms with Crippen molar-refractivity contribution in [2.24, 2.45) is 11.3 Å². The smallest absolute Gasteiger partial charge is 0.311 e. The van der Waals surface area contributed by atoms with Crippen molar-refractivity contribution in [3.63, 3.8) is 0 Å². The fraction of sp³-hybridized carbons (Fsp3) is 0.929. The van der Waals surface area contributed by atoms with Crippen LogP contribution in [0.15, 0.2) is 0 Å². The van der Waals surface area contributed by atoms with Gasteiger partial charge in [0.05, 0.1) is 23.7 Å². The van der Waals surface area contributed by atoms with E-state index in [1.165, 1.54) is 0 Å². The maximum Gasteiger partial charge on any atom is 0.311 e. The summed E-state index contributed by atoms with van der Waals surface area (Å²) in [5.41, 5.74) is -0.257. The van der Waals surface area contributed by atoms with Crippen LogP contribution in [-0.2, 0) is 14.3 Å². The quantitative estimate of drug-likeness (QED) is 0.560. The molecule has 98 valence electrons. The van der Waals surface area contributed by atoms with Crippen LogP contribution < -0.4 is 0 Å². The fourth-order valence-corrected chi connectivity index (χ4v) is 2.57. The maximum atomic E-state index is 11.9. The maximum absolute atomic E-state index is 11.9. The van der Waals surface area contributed by atoms with Gasteiger partial charge in [-0.15, -0.1) is 0 Å². The van der Waals surface area contributed by atoms with Gasteiger partial charge in [0.15, 0.2) is 0 Å². The highest BCUT2D eigenvalue weighted by molar-refractivity contribution is 5.75. The SMILES string of the molecule is CCC(C)(C)C(=O)OCC1CCC2OC2(C)C1. The molecular formula is C14H24O3. The molecule has 1 aliphatic heterocycles. The molecule has 3 atom stereocenters. The van der Waals surface area contributed by atoms with Gasteiger partial charge in [0.25, 0.3) is 0 Å². The molecule has 2 fully saturated rings. The van der Waals surface area contributed by atoms with Gasteiger partial charge in [0.1, 0.15) is 0 Å². The minimum Gasteiger partial charge on any atom is -0.465 e. The Morgan fingerprint density at radius 2 is 2.18 bits per heavy atom. The van der Waals surface area contributed by atoms with Gasteiger partial charge < -0.3 is 9.47 Å². The van der Waals surface area contributed by atoms with Gasteiger partial charge in [0, 0.05) is 0 Å². The standard InChI is InChI=1S/C14H24O3/c1-5-13(2,3)12(15)16-9-10-6-7-11-14(4,8-10)17-11/h10-11H,5-9H2,1-4H3. The molecule has 0 aromatic carbocycles. The zero-order valence-corrected chi connectivity index (χ0v) is 11.4. The number of carbonyl (C=O) groups is 1. The van der Waals surface area contributed by atoms with Crippen molar-refractivity contribution < 1.29 is 14.3 Å². The lowest BCUT2D eigenvalue weighted by Gasteiger charge is -2.26. The summed E-state index contributed by atoms with van der Waals surface area (Å²) in [6.45, 7) is 8.64. The Labute approximate surface area is 104 Å². The number of hydrogen-bond donors (Lipinski definition) is 0. The molecule has 0 bridgehead atoms. The van der Waals surface area contributed by atoms with Crippen molar-refractivity contribution in [2.75, 3.05) is 6.61 Å². The minimum absolute atomic E-state index is 0.0657. The Hall–Kier alpha value is -0.570. The number of esters is 1. The summed E-state index contributed by atoms with van der Waals surface area (Å²) in [5.74, 6) is 0.416. The second kappa shape index (κ2) is 4.27. The monoisotopic (exact) mass is 240 g/mol. The first kappa shape index (κ1) is 12.9.